The zero-order valence-corrected chi connectivity index (χ0v) is 15.7. The summed E-state index contributed by atoms with van der Waals surface area (Å²) in [7, 11) is 1.63. The van der Waals surface area contributed by atoms with Gasteiger partial charge in [0, 0.05) is 17.2 Å². The SMILES string of the molecule is C=C(/C=C(\C=C/C)c1cnc(C(CCCC)CSCC)[nH]1)OC. The summed E-state index contributed by atoms with van der Waals surface area (Å²) in [5, 5.41) is 0. The fraction of sp³-hybridized carbons (Fsp3) is 0.526. The Morgan fingerprint density at radius 1 is 1.48 bits per heavy atom. The number of H-pyrrole nitrogens is 1. The highest BCUT2D eigenvalue weighted by molar-refractivity contribution is 7.99. The van der Waals surface area contributed by atoms with Crippen LogP contribution in [-0.4, -0.2) is 28.6 Å². The van der Waals surface area contributed by atoms with Gasteiger partial charge in [-0.05, 0) is 25.2 Å². The molecule has 0 aromatic carbocycles. The molecule has 1 aromatic rings. The topological polar surface area (TPSA) is 37.9 Å². The van der Waals surface area contributed by atoms with Gasteiger partial charge < -0.3 is 9.72 Å². The average Bonchev–Trinajstić information content (AvgIpc) is 3.04. The summed E-state index contributed by atoms with van der Waals surface area (Å²) in [6, 6.07) is 0. The molecule has 0 spiro atoms. The van der Waals surface area contributed by atoms with Crippen molar-refractivity contribution in [2.45, 2.75) is 46.0 Å². The molecule has 0 aliphatic rings. The van der Waals surface area contributed by atoms with Gasteiger partial charge in [-0.1, -0.05) is 45.4 Å². The summed E-state index contributed by atoms with van der Waals surface area (Å²) in [5.74, 6) is 4.49. The quantitative estimate of drug-likeness (QED) is 0.425. The molecule has 0 amide bonds. The van der Waals surface area contributed by atoms with E-state index in [0.717, 1.165) is 28.6 Å². The lowest BCUT2D eigenvalue weighted by Crippen LogP contribution is -2.05. The van der Waals surface area contributed by atoms with Crippen LogP contribution in [0.3, 0.4) is 0 Å². The van der Waals surface area contributed by atoms with Gasteiger partial charge in [-0.25, -0.2) is 4.98 Å². The second kappa shape index (κ2) is 11.2. The first-order chi connectivity index (χ1) is 11.2. The van der Waals surface area contributed by atoms with Crippen molar-refractivity contribution in [1.82, 2.24) is 9.97 Å². The summed E-state index contributed by atoms with van der Waals surface area (Å²) in [4.78, 5) is 8.15. The van der Waals surface area contributed by atoms with Gasteiger partial charge in [0.25, 0.3) is 0 Å². The van der Waals surface area contributed by atoms with E-state index in [4.69, 9.17) is 4.74 Å². The van der Waals surface area contributed by atoms with Gasteiger partial charge >= 0.3 is 0 Å². The van der Waals surface area contributed by atoms with Crippen LogP contribution in [0.1, 0.15) is 57.5 Å². The molecule has 0 fully saturated rings. The smallest absolute Gasteiger partial charge is 0.112 e. The number of hydrogen-bond donors (Lipinski definition) is 1. The van der Waals surface area contributed by atoms with Crippen molar-refractivity contribution >= 4 is 17.3 Å². The van der Waals surface area contributed by atoms with Crippen LogP contribution < -0.4 is 0 Å². The van der Waals surface area contributed by atoms with Crippen LogP contribution in [0.4, 0.5) is 0 Å². The minimum absolute atomic E-state index is 0.492. The summed E-state index contributed by atoms with van der Waals surface area (Å²) in [5.41, 5.74) is 2.05. The number of aromatic amines is 1. The van der Waals surface area contributed by atoms with E-state index in [1.54, 1.807) is 7.11 Å². The maximum atomic E-state index is 5.17. The Hall–Kier alpha value is -1.42. The standard InChI is InChI=1S/C19H30N2OS/c1-6-9-11-17(14-23-8-3)19-20-13-18(21-19)16(10-7-2)12-15(4)22-5/h7,10,12-13,17H,4,6,8-9,11,14H2,1-3,5H3,(H,20,21)/b10-7-,16-12+. The number of hydrogen-bond acceptors (Lipinski definition) is 3. The molecule has 23 heavy (non-hydrogen) atoms. The van der Waals surface area contributed by atoms with Gasteiger partial charge in [-0.3, -0.25) is 0 Å². The lowest BCUT2D eigenvalue weighted by molar-refractivity contribution is 0.309. The van der Waals surface area contributed by atoms with Gasteiger partial charge in [0.2, 0.25) is 0 Å². The molecule has 128 valence electrons. The van der Waals surface area contributed by atoms with E-state index in [1.807, 2.05) is 43.1 Å². The van der Waals surface area contributed by atoms with Crippen molar-refractivity contribution in [3.05, 3.63) is 48.3 Å². The molecule has 1 rings (SSSR count). The summed E-state index contributed by atoms with van der Waals surface area (Å²) in [6.45, 7) is 10.3. The molecule has 4 heteroatoms. The molecular formula is C19H30N2OS. The van der Waals surface area contributed by atoms with Crippen molar-refractivity contribution in [1.29, 1.82) is 0 Å². The van der Waals surface area contributed by atoms with Crippen molar-refractivity contribution < 1.29 is 4.74 Å². The number of thioether (sulfide) groups is 1. The Morgan fingerprint density at radius 3 is 2.87 bits per heavy atom. The molecule has 1 N–H and O–H groups in total. The van der Waals surface area contributed by atoms with Crippen molar-refractivity contribution in [2.24, 2.45) is 0 Å². The Bertz CT molecular complexity index is 523. The first-order valence-electron chi connectivity index (χ1n) is 8.36. The highest BCUT2D eigenvalue weighted by Gasteiger charge is 2.15. The number of aromatic nitrogens is 2. The van der Waals surface area contributed by atoms with Crippen LogP contribution in [0.15, 0.2) is 36.8 Å². The lowest BCUT2D eigenvalue weighted by Gasteiger charge is -2.13. The minimum atomic E-state index is 0.492. The molecule has 0 saturated carbocycles. The Balaban J connectivity index is 2.98. The predicted molar refractivity (Wildman–Crippen MR) is 103 cm³/mol. The third kappa shape index (κ3) is 6.69. The van der Waals surface area contributed by atoms with Crippen LogP contribution in [0.2, 0.25) is 0 Å². The fourth-order valence-corrected chi connectivity index (χ4v) is 3.17. The first-order valence-corrected chi connectivity index (χ1v) is 9.51. The van der Waals surface area contributed by atoms with Gasteiger partial charge in [0.1, 0.15) is 11.6 Å². The number of imidazole rings is 1. The average molecular weight is 335 g/mol. The maximum Gasteiger partial charge on any atom is 0.112 e. The van der Waals surface area contributed by atoms with E-state index in [0.29, 0.717) is 11.7 Å². The molecule has 0 bridgehead atoms. The third-order valence-electron chi connectivity index (χ3n) is 3.65. The van der Waals surface area contributed by atoms with Crippen LogP contribution in [0.5, 0.6) is 0 Å². The van der Waals surface area contributed by atoms with Crippen molar-refractivity contribution in [2.75, 3.05) is 18.6 Å². The Morgan fingerprint density at radius 2 is 2.26 bits per heavy atom. The van der Waals surface area contributed by atoms with Gasteiger partial charge in [-0.2, -0.15) is 11.8 Å². The van der Waals surface area contributed by atoms with Gasteiger partial charge in [0.05, 0.1) is 19.0 Å². The molecular weight excluding hydrogens is 304 g/mol. The number of unbranched alkanes of at least 4 members (excludes halogenated alkanes) is 1. The van der Waals surface area contributed by atoms with Crippen LogP contribution in [0, 0.1) is 0 Å². The largest absolute Gasteiger partial charge is 0.497 e. The Labute approximate surface area is 145 Å². The first kappa shape index (κ1) is 19.6. The van der Waals surface area contributed by atoms with Gasteiger partial charge in [-0.15, -0.1) is 0 Å². The van der Waals surface area contributed by atoms with E-state index in [1.165, 1.54) is 19.3 Å². The number of ether oxygens (including phenoxy) is 1. The number of nitrogens with zero attached hydrogens (tertiary/aromatic N) is 1. The van der Waals surface area contributed by atoms with Crippen LogP contribution in [0.25, 0.3) is 5.57 Å². The van der Waals surface area contributed by atoms with Crippen LogP contribution in [-0.2, 0) is 4.74 Å². The van der Waals surface area contributed by atoms with Gasteiger partial charge in [0.15, 0.2) is 0 Å². The van der Waals surface area contributed by atoms with E-state index >= 15 is 0 Å². The second-order valence-electron chi connectivity index (χ2n) is 5.45. The van der Waals surface area contributed by atoms with E-state index < -0.39 is 0 Å². The van der Waals surface area contributed by atoms with Crippen molar-refractivity contribution in [3.63, 3.8) is 0 Å². The zero-order chi connectivity index (χ0) is 17.1. The molecule has 0 aliphatic heterocycles. The molecule has 3 nitrogen and oxygen atoms in total. The molecule has 1 aromatic heterocycles. The molecule has 1 heterocycles. The molecule has 0 aliphatic carbocycles. The number of allylic oxidation sites excluding steroid dienone is 4. The lowest BCUT2D eigenvalue weighted by atomic mass is 10.0. The fourth-order valence-electron chi connectivity index (χ4n) is 2.33. The monoisotopic (exact) mass is 334 g/mol. The molecule has 0 saturated heterocycles. The number of rotatable bonds is 11. The maximum absolute atomic E-state index is 5.17. The normalized spacial score (nSPS) is 13.5. The van der Waals surface area contributed by atoms with Crippen molar-refractivity contribution in [3.8, 4) is 0 Å². The molecule has 0 radical (unpaired) electrons. The summed E-state index contributed by atoms with van der Waals surface area (Å²) >= 11 is 1.98. The zero-order valence-electron chi connectivity index (χ0n) is 14.9. The molecule has 1 unspecified atom stereocenters. The number of methoxy groups -OCH3 is 1. The van der Waals surface area contributed by atoms with Crippen LogP contribution >= 0.6 is 11.8 Å². The van der Waals surface area contributed by atoms with E-state index in [9.17, 15) is 0 Å². The third-order valence-corrected chi connectivity index (χ3v) is 4.69. The van der Waals surface area contributed by atoms with E-state index in [-0.39, 0.29) is 0 Å². The minimum Gasteiger partial charge on any atom is -0.497 e. The summed E-state index contributed by atoms with van der Waals surface area (Å²) < 4.78 is 5.17. The Kier molecular flexibility index (Phi) is 9.53. The van der Waals surface area contributed by atoms with E-state index in [2.05, 4.69) is 30.4 Å². The highest BCUT2D eigenvalue weighted by atomic mass is 32.2. The number of nitrogens with one attached hydrogen (secondary N) is 1. The predicted octanol–water partition coefficient (Wildman–Crippen LogP) is 5.56. The summed E-state index contributed by atoms with van der Waals surface area (Å²) in [6.07, 6.45) is 11.5. The molecule has 1 atom stereocenters. The highest BCUT2D eigenvalue weighted by Crippen LogP contribution is 2.26. The second-order valence-corrected chi connectivity index (χ2v) is 6.77.